The van der Waals surface area contributed by atoms with Gasteiger partial charge in [0, 0.05) is 37.0 Å². The molecule has 3 heteroatoms. The van der Waals surface area contributed by atoms with Crippen LogP contribution in [0.5, 0.6) is 0 Å². The third-order valence-electron chi connectivity index (χ3n) is 3.90. The molecule has 0 radical (unpaired) electrons. The summed E-state index contributed by atoms with van der Waals surface area (Å²) < 4.78 is 5.94. The van der Waals surface area contributed by atoms with Crippen molar-refractivity contribution in [2.24, 2.45) is 0 Å². The summed E-state index contributed by atoms with van der Waals surface area (Å²) in [5.74, 6) is 0. The summed E-state index contributed by atoms with van der Waals surface area (Å²) in [5.41, 5.74) is 2.36. The summed E-state index contributed by atoms with van der Waals surface area (Å²) in [5, 5.41) is 1.24. The monoisotopic (exact) mass is 270 g/mol. The highest BCUT2D eigenvalue weighted by atomic mass is 16.5. The number of anilines is 1. The van der Waals surface area contributed by atoms with Crippen LogP contribution in [0.4, 0.5) is 5.69 Å². The van der Waals surface area contributed by atoms with Crippen molar-refractivity contribution in [1.82, 2.24) is 4.98 Å². The normalized spacial score (nSPS) is 19.4. The molecular formula is C17H22N2O. The number of rotatable bonds is 4. The van der Waals surface area contributed by atoms with Gasteiger partial charge in [-0.15, -0.1) is 0 Å². The van der Waals surface area contributed by atoms with Crippen LogP contribution in [0, 0.1) is 0 Å². The van der Waals surface area contributed by atoms with E-state index in [0.717, 1.165) is 31.6 Å². The maximum absolute atomic E-state index is 5.94. The van der Waals surface area contributed by atoms with Crippen LogP contribution in [0.3, 0.4) is 0 Å². The molecule has 3 nitrogen and oxygen atoms in total. The first-order chi connectivity index (χ1) is 9.88. The van der Waals surface area contributed by atoms with Crippen molar-refractivity contribution in [2.45, 2.75) is 32.3 Å². The van der Waals surface area contributed by atoms with E-state index in [-0.39, 0.29) is 0 Å². The van der Waals surface area contributed by atoms with Gasteiger partial charge in [-0.1, -0.05) is 25.1 Å². The molecule has 20 heavy (non-hydrogen) atoms. The van der Waals surface area contributed by atoms with Crippen molar-refractivity contribution in [3.63, 3.8) is 0 Å². The Bertz CT molecular complexity index is 564. The van der Waals surface area contributed by atoms with E-state index in [4.69, 9.17) is 4.74 Å². The standard InChI is InChI=1S/C17H22N2O/c1-2-12-20-14-6-5-11-19(13-14)17-9-10-18-16-8-4-3-7-15(16)17/h3-4,7-10,14H,2,5-6,11-13H2,1H3. The SMILES string of the molecule is CCCOC1CCCN(c2ccnc3ccccc23)C1. The molecule has 1 atom stereocenters. The molecular weight excluding hydrogens is 248 g/mol. The Kier molecular flexibility index (Phi) is 4.16. The van der Waals surface area contributed by atoms with E-state index >= 15 is 0 Å². The van der Waals surface area contributed by atoms with Crippen LogP contribution in [-0.4, -0.2) is 30.8 Å². The lowest BCUT2D eigenvalue weighted by Crippen LogP contribution is -2.40. The number of fused-ring (bicyclic) bond motifs is 1. The van der Waals surface area contributed by atoms with Crippen LogP contribution >= 0.6 is 0 Å². The molecule has 0 saturated carbocycles. The van der Waals surface area contributed by atoms with Gasteiger partial charge in [0.2, 0.25) is 0 Å². The Hall–Kier alpha value is -1.61. The number of nitrogens with zero attached hydrogens (tertiary/aromatic N) is 2. The zero-order valence-corrected chi connectivity index (χ0v) is 12.1. The minimum Gasteiger partial charge on any atom is -0.376 e. The zero-order valence-electron chi connectivity index (χ0n) is 12.1. The number of hydrogen-bond acceptors (Lipinski definition) is 3. The summed E-state index contributed by atoms with van der Waals surface area (Å²) in [6.45, 7) is 5.14. The van der Waals surface area contributed by atoms with Crippen LogP contribution in [0.15, 0.2) is 36.5 Å². The summed E-state index contributed by atoms with van der Waals surface area (Å²) in [6.07, 6.45) is 5.75. The van der Waals surface area contributed by atoms with Crippen molar-refractivity contribution < 1.29 is 4.74 Å². The first-order valence-corrected chi connectivity index (χ1v) is 7.59. The molecule has 106 valence electrons. The number of pyridine rings is 1. The molecule has 0 bridgehead atoms. The van der Waals surface area contributed by atoms with Crippen LogP contribution < -0.4 is 4.90 Å². The minimum atomic E-state index is 0.371. The molecule has 0 aliphatic carbocycles. The van der Waals surface area contributed by atoms with Gasteiger partial charge >= 0.3 is 0 Å². The van der Waals surface area contributed by atoms with Gasteiger partial charge in [-0.05, 0) is 31.4 Å². The minimum absolute atomic E-state index is 0.371. The van der Waals surface area contributed by atoms with Crippen molar-refractivity contribution in [3.05, 3.63) is 36.5 Å². The quantitative estimate of drug-likeness (QED) is 0.848. The fourth-order valence-corrected chi connectivity index (χ4v) is 2.93. The predicted molar refractivity (Wildman–Crippen MR) is 83.2 cm³/mol. The maximum atomic E-state index is 5.94. The van der Waals surface area contributed by atoms with E-state index in [0.29, 0.717) is 6.10 Å². The predicted octanol–water partition coefficient (Wildman–Crippen LogP) is 3.63. The Balaban J connectivity index is 1.83. The largest absolute Gasteiger partial charge is 0.376 e. The summed E-state index contributed by atoms with van der Waals surface area (Å²) >= 11 is 0. The van der Waals surface area contributed by atoms with Crippen LogP contribution in [0.25, 0.3) is 10.9 Å². The van der Waals surface area contributed by atoms with Gasteiger partial charge in [0.05, 0.1) is 11.6 Å². The second-order valence-electron chi connectivity index (χ2n) is 5.43. The Morgan fingerprint density at radius 2 is 2.20 bits per heavy atom. The highest BCUT2D eigenvalue weighted by molar-refractivity contribution is 5.91. The summed E-state index contributed by atoms with van der Waals surface area (Å²) in [6, 6.07) is 10.5. The van der Waals surface area contributed by atoms with E-state index < -0.39 is 0 Å². The number of benzene rings is 1. The van der Waals surface area contributed by atoms with Gasteiger partial charge in [-0.3, -0.25) is 4.98 Å². The van der Waals surface area contributed by atoms with E-state index in [1.54, 1.807) is 0 Å². The fraction of sp³-hybridized carbons (Fsp3) is 0.471. The first-order valence-electron chi connectivity index (χ1n) is 7.59. The fourth-order valence-electron chi connectivity index (χ4n) is 2.93. The molecule has 0 spiro atoms. The maximum Gasteiger partial charge on any atom is 0.0750 e. The number of piperidine rings is 1. The molecule has 2 heterocycles. The van der Waals surface area contributed by atoms with Gasteiger partial charge in [0.1, 0.15) is 0 Å². The smallest absolute Gasteiger partial charge is 0.0750 e. The van der Waals surface area contributed by atoms with Crippen molar-refractivity contribution in [3.8, 4) is 0 Å². The molecule has 0 N–H and O–H groups in total. The van der Waals surface area contributed by atoms with E-state index in [9.17, 15) is 0 Å². The second-order valence-corrected chi connectivity index (χ2v) is 5.43. The molecule has 1 saturated heterocycles. The lowest BCUT2D eigenvalue weighted by Gasteiger charge is -2.34. The zero-order chi connectivity index (χ0) is 13.8. The van der Waals surface area contributed by atoms with Gasteiger partial charge in [-0.2, -0.15) is 0 Å². The molecule has 0 amide bonds. The number of para-hydroxylation sites is 1. The van der Waals surface area contributed by atoms with Crippen molar-refractivity contribution >= 4 is 16.6 Å². The average molecular weight is 270 g/mol. The lowest BCUT2D eigenvalue weighted by atomic mass is 10.1. The first kappa shape index (κ1) is 13.4. The number of ether oxygens (including phenoxy) is 1. The van der Waals surface area contributed by atoms with E-state index in [1.165, 1.54) is 23.9 Å². The van der Waals surface area contributed by atoms with Gasteiger partial charge < -0.3 is 9.64 Å². The second kappa shape index (κ2) is 6.23. The highest BCUT2D eigenvalue weighted by Gasteiger charge is 2.21. The van der Waals surface area contributed by atoms with Crippen LogP contribution in [0.1, 0.15) is 26.2 Å². The van der Waals surface area contributed by atoms with E-state index in [2.05, 4.69) is 41.1 Å². The molecule has 3 rings (SSSR count). The molecule has 1 aliphatic rings. The Labute approximate surface area is 120 Å². The Morgan fingerprint density at radius 3 is 3.10 bits per heavy atom. The van der Waals surface area contributed by atoms with Gasteiger partial charge in [-0.25, -0.2) is 0 Å². The summed E-state index contributed by atoms with van der Waals surface area (Å²) in [7, 11) is 0. The topological polar surface area (TPSA) is 25.4 Å². The molecule has 1 unspecified atom stereocenters. The Morgan fingerprint density at radius 1 is 1.30 bits per heavy atom. The van der Waals surface area contributed by atoms with Gasteiger partial charge in [0.25, 0.3) is 0 Å². The molecule has 2 aromatic rings. The van der Waals surface area contributed by atoms with Crippen molar-refractivity contribution in [1.29, 1.82) is 0 Å². The molecule has 1 aromatic carbocycles. The number of aromatic nitrogens is 1. The lowest BCUT2D eigenvalue weighted by molar-refractivity contribution is 0.0441. The molecule has 1 aromatic heterocycles. The van der Waals surface area contributed by atoms with Crippen LogP contribution in [-0.2, 0) is 4.74 Å². The van der Waals surface area contributed by atoms with E-state index in [1.807, 2.05) is 12.3 Å². The molecule has 1 aliphatic heterocycles. The highest BCUT2D eigenvalue weighted by Crippen LogP contribution is 2.28. The molecule has 1 fully saturated rings. The van der Waals surface area contributed by atoms with Crippen LogP contribution in [0.2, 0.25) is 0 Å². The third kappa shape index (κ3) is 2.78. The third-order valence-corrected chi connectivity index (χ3v) is 3.90. The summed E-state index contributed by atoms with van der Waals surface area (Å²) in [4.78, 5) is 6.90. The van der Waals surface area contributed by atoms with Crippen molar-refractivity contribution in [2.75, 3.05) is 24.6 Å². The average Bonchev–Trinajstić information content (AvgIpc) is 2.52. The number of hydrogen-bond donors (Lipinski definition) is 0. The van der Waals surface area contributed by atoms with Gasteiger partial charge in [0.15, 0.2) is 0 Å².